The highest BCUT2D eigenvalue weighted by Crippen LogP contribution is 2.43. The molecule has 0 heterocycles. The van der Waals surface area contributed by atoms with Crippen LogP contribution in [0, 0.1) is 59.2 Å². The Morgan fingerprint density at radius 1 is 0.393 bits per heavy atom. The van der Waals surface area contributed by atoms with Gasteiger partial charge in [-0.2, -0.15) is 0 Å². The van der Waals surface area contributed by atoms with E-state index in [1.807, 2.05) is 12.2 Å². The fourth-order valence-electron chi connectivity index (χ4n) is 12.5. The SMILES string of the molecule is C=CC1CCC(N)C1.C=CC1CCC(N)C1.CCCC(CC(CC)C1CCC(N)C1)C1CCC(N)C1.CCCC(CC(CC)C1CCC(N)C1)C1CCC(N)C1. The van der Waals surface area contributed by atoms with Crippen molar-refractivity contribution < 1.29 is 0 Å². The average Bonchev–Trinajstić information content (AvgIpc) is 4.05. The lowest BCUT2D eigenvalue weighted by Gasteiger charge is -2.31. The Balaban J connectivity index is 0.000000217. The summed E-state index contributed by atoms with van der Waals surface area (Å²) in [6.07, 6.45) is 38.0. The maximum atomic E-state index is 6.15. The van der Waals surface area contributed by atoms with Crippen LogP contribution in [0.5, 0.6) is 0 Å². The van der Waals surface area contributed by atoms with E-state index in [4.69, 9.17) is 34.4 Å². The van der Waals surface area contributed by atoms with Gasteiger partial charge >= 0.3 is 0 Å². The predicted octanol–water partition coefficient (Wildman–Crippen LogP) is 10.7. The first-order chi connectivity index (χ1) is 26.9. The van der Waals surface area contributed by atoms with Crippen LogP contribution in [0.2, 0.25) is 0 Å². The zero-order chi connectivity index (χ0) is 41.0. The molecule has 328 valence electrons. The van der Waals surface area contributed by atoms with Crippen molar-refractivity contribution in [1.29, 1.82) is 0 Å². The van der Waals surface area contributed by atoms with Crippen LogP contribution >= 0.6 is 0 Å². The molecule has 16 unspecified atom stereocenters. The Kier molecular flexibility index (Phi) is 24.1. The molecule has 56 heavy (non-hydrogen) atoms. The maximum absolute atomic E-state index is 6.15. The second-order valence-corrected chi connectivity index (χ2v) is 20.4. The summed E-state index contributed by atoms with van der Waals surface area (Å²) in [7, 11) is 0. The van der Waals surface area contributed by atoms with Crippen LogP contribution in [-0.2, 0) is 0 Å². The molecule has 6 fully saturated rings. The molecule has 0 saturated heterocycles. The van der Waals surface area contributed by atoms with Crippen molar-refractivity contribution in [2.24, 2.45) is 93.6 Å². The Bertz CT molecular complexity index is 955. The van der Waals surface area contributed by atoms with Gasteiger partial charge in [-0.25, -0.2) is 0 Å². The number of rotatable bonds is 16. The lowest BCUT2D eigenvalue weighted by Crippen LogP contribution is -2.23. The van der Waals surface area contributed by atoms with Crippen LogP contribution in [0.4, 0.5) is 0 Å². The molecule has 6 heteroatoms. The van der Waals surface area contributed by atoms with Crippen LogP contribution in [0.25, 0.3) is 0 Å². The molecule has 6 aliphatic carbocycles. The predicted molar refractivity (Wildman–Crippen MR) is 246 cm³/mol. The molecule has 0 aliphatic heterocycles. The van der Waals surface area contributed by atoms with Crippen molar-refractivity contribution in [3.05, 3.63) is 25.3 Å². The highest BCUT2D eigenvalue weighted by atomic mass is 14.7. The molecule has 6 nitrogen and oxygen atoms in total. The van der Waals surface area contributed by atoms with E-state index < -0.39 is 0 Å². The van der Waals surface area contributed by atoms with Crippen molar-refractivity contribution >= 4 is 0 Å². The first-order valence-electron chi connectivity index (χ1n) is 24.7. The van der Waals surface area contributed by atoms with E-state index in [9.17, 15) is 0 Å². The Labute approximate surface area is 348 Å². The third kappa shape index (κ3) is 17.5. The van der Waals surface area contributed by atoms with Crippen LogP contribution in [0.3, 0.4) is 0 Å². The first-order valence-corrected chi connectivity index (χ1v) is 24.7. The van der Waals surface area contributed by atoms with E-state index in [1.165, 1.54) is 154 Å². The van der Waals surface area contributed by atoms with Gasteiger partial charge in [0.2, 0.25) is 0 Å². The van der Waals surface area contributed by atoms with Crippen molar-refractivity contribution in [3.63, 3.8) is 0 Å². The minimum absolute atomic E-state index is 0.456. The molecule has 0 bridgehead atoms. The highest BCUT2D eigenvalue weighted by Gasteiger charge is 2.35. The molecule has 12 N–H and O–H groups in total. The third-order valence-corrected chi connectivity index (χ3v) is 16.0. The summed E-state index contributed by atoms with van der Waals surface area (Å²) in [6.45, 7) is 16.9. The maximum Gasteiger partial charge on any atom is 0.00446 e. The van der Waals surface area contributed by atoms with Crippen LogP contribution < -0.4 is 34.4 Å². The standard InChI is InChI=1S/2C18H36N2.2C7H13N/c2*1-3-5-14(16-7-9-18(20)12-16)10-13(4-2)15-6-8-17(19)11-15;2*1-2-6-3-4-7(8)5-6/h2*13-18H,3-12,19-20H2,1-2H3;2*2,6-7H,1,3-5,8H2. The molecule has 0 aromatic heterocycles. The van der Waals surface area contributed by atoms with Gasteiger partial charge in [-0.15, -0.1) is 13.2 Å². The lowest BCUT2D eigenvalue weighted by molar-refractivity contribution is 0.201. The smallest absolute Gasteiger partial charge is 0.00446 e. The number of hydrogen-bond donors (Lipinski definition) is 6. The molecule has 6 saturated carbocycles. The van der Waals surface area contributed by atoms with Crippen LogP contribution in [0.15, 0.2) is 25.3 Å². The van der Waals surface area contributed by atoms with Gasteiger partial charge in [0.15, 0.2) is 0 Å². The number of nitrogens with two attached hydrogens (primary N) is 6. The van der Waals surface area contributed by atoms with Gasteiger partial charge in [-0.1, -0.05) is 78.4 Å². The molecule has 0 spiro atoms. The van der Waals surface area contributed by atoms with E-state index in [-0.39, 0.29) is 0 Å². The third-order valence-electron chi connectivity index (χ3n) is 16.0. The largest absolute Gasteiger partial charge is 0.328 e. The van der Waals surface area contributed by atoms with Crippen molar-refractivity contribution in [2.45, 2.75) is 231 Å². The van der Waals surface area contributed by atoms with E-state index in [1.54, 1.807) is 0 Å². The molecule has 16 atom stereocenters. The minimum atomic E-state index is 0.456. The molecule has 0 aromatic carbocycles. The summed E-state index contributed by atoms with van der Waals surface area (Å²) in [4.78, 5) is 0. The molecule has 6 aliphatic rings. The van der Waals surface area contributed by atoms with Gasteiger partial charge in [-0.3, -0.25) is 0 Å². The zero-order valence-electron chi connectivity index (χ0n) is 37.7. The Morgan fingerprint density at radius 2 is 0.661 bits per heavy atom. The van der Waals surface area contributed by atoms with Gasteiger partial charge in [-0.05, 0) is 188 Å². The van der Waals surface area contributed by atoms with Crippen molar-refractivity contribution in [1.82, 2.24) is 0 Å². The number of hydrogen-bond acceptors (Lipinski definition) is 6. The van der Waals surface area contributed by atoms with Crippen LogP contribution in [-0.4, -0.2) is 36.3 Å². The summed E-state index contributed by atoms with van der Waals surface area (Å²) >= 11 is 0. The Morgan fingerprint density at radius 3 is 0.839 bits per heavy atom. The fraction of sp³-hybridized carbons (Fsp3) is 0.920. The van der Waals surface area contributed by atoms with Crippen LogP contribution in [0.1, 0.15) is 195 Å². The molecule has 6 rings (SSSR count). The summed E-state index contributed by atoms with van der Waals surface area (Å²) in [5.74, 6) is 8.74. The molecular weight excluding hydrogens is 685 g/mol. The molecular formula is C50H98N6. The minimum Gasteiger partial charge on any atom is -0.328 e. The summed E-state index contributed by atoms with van der Waals surface area (Å²) in [5.41, 5.74) is 35.9. The average molecular weight is 783 g/mol. The first kappa shape index (κ1) is 49.6. The fourth-order valence-corrected chi connectivity index (χ4v) is 12.5. The van der Waals surface area contributed by atoms with Gasteiger partial charge in [0, 0.05) is 36.3 Å². The number of allylic oxidation sites excluding steroid dienone is 2. The second-order valence-electron chi connectivity index (χ2n) is 20.4. The van der Waals surface area contributed by atoms with Gasteiger partial charge in [0.25, 0.3) is 0 Å². The zero-order valence-corrected chi connectivity index (χ0v) is 37.7. The van der Waals surface area contributed by atoms with Gasteiger partial charge in [0.05, 0.1) is 0 Å². The molecule has 0 aromatic rings. The molecule has 0 radical (unpaired) electrons. The lowest BCUT2D eigenvalue weighted by atomic mass is 9.75. The molecule has 0 amide bonds. The summed E-state index contributed by atoms with van der Waals surface area (Å²) in [6, 6.07) is 2.85. The van der Waals surface area contributed by atoms with Crippen molar-refractivity contribution in [3.8, 4) is 0 Å². The summed E-state index contributed by atoms with van der Waals surface area (Å²) < 4.78 is 0. The van der Waals surface area contributed by atoms with Crippen molar-refractivity contribution in [2.75, 3.05) is 0 Å². The second kappa shape index (κ2) is 27.2. The topological polar surface area (TPSA) is 156 Å². The normalized spacial score (nSPS) is 37.3. The van der Waals surface area contributed by atoms with E-state index in [2.05, 4.69) is 40.9 Å². The van der Waals surface area contributed by atoms with E-state index in [0.29, 0.717) is 48.1 Å². The summed E-state index contributed by atoms with van der Waals surface area (Å²) in [5, 5.41) is 0. The van der Waals surface area contributed by atoms with E-state index in [0.717, 1.165) is 60.2 Å². The van der Waals surface area contributed by atoms with E-state index >= 15 is 0 Å². The van der Waals surface area contributed by atoms with Gasteiger partial charge in [0.1, 0.15) is 0 Å². The highest BCUT2D eigenvalue weighted by molar-refractivity contribution is 4.91. The Hall–Kier alpha value is -0.760. The monoisotopic (exact) mass is 783 g/mol. The quantitative estimate of drug-likeness (QED) is 0.0856. The van der Waals surface area contributed by atoms with Gasteiger partial charge < -0.3 is 34.4 Å².